The monoisotopic (exact) mass is 415 g/mol. The minimum atomic E-state index is -0.652. The molecule has 1 aromatic heterocycles. The molecule has 1 aliphatic rings. The fourth-order valence-corrected chi connectivity index (χ4v) is 3.14. The fourth-order valence-electron chi connectivity index (χ4n) is 3.14. The molecule has 7 heteroatoms. The fraction of sp³-hybridized carbons (Fsp3) is 0.125. The van der Waals surface area contributed by atoms with Gasteiger partial charge in [-0.05, 0) is 38.1 Å². The Morgan fingerprint density at radius 2 is 1.61 bits per heavy atom. The number of aryl methyl sites for hydroxylation is 2. The van der Waals surface area contributed by atoms with Crippen LogP contribution in [0.5, 0.6) is 0 Å². The summed E-state index contributed by atoms with van der Waals surface area (Å²) in [5, 5.41) is 5.17. The quantitative estimate of drug-likeness (QED) is 0.485. The molecule has 0 spiro atoms. The lowest BCUT2D eigenvalue weighted by molar-refractivity contribution is -0.127. The summed E-state index contributed by atoms with van der Waals surface area (Å²) in [7, 11) is 0. The highest BCUT2D eigenvalue weighted by atomic mass is 16.3. The molecule has 7 nitrogen and oxygen atoms in total. The van der Waals surface area contributed by atoms with Crippen LogP contribution in [-0.2, 0) is 9.59 Å². The summed E-state index contributed by atoms with van der Waals surface area (Å²) in [6.07, 6.45) is 1.45. The lowest BCUT2D eigenvalue weighted by Gasteiger charge is -2.12. The van der Waals surface area contributed by atoms with Crippen molar-refractivity contribution in [1.82, 2.24) is 10.2 Å². The van der Waals surface area contributed by atoms with E-state index in [0.717, 1.165) is 21.6 Å². The van der Waals surface area contributed by atoms with E-state index in [-0.39, 0.29) is 12.2 Å². The number of hydrogen-bond donors (Lipinski definition) is 2. The number of carbonyl (C=O) groups excluding carboxylic acids is 3. The third-order valence-electron chi connectivity index (χ3n) is 4.85. The molecule has 1 saturated heterocycles. The van der Waals surface area contributed by atoms with Crippen LogP contribution in [0.25, 0.3) is 17.4 Å². The predicted octanol–water partition coefficient (Wildman–Crippen LogP) is 4.09. The van der Waals surface area contributed by atoms with Crippen LogP contribution in [0, 0.1) is 13.8 Å². The number of nitrogens with one attached hydrogen (secondary N) is 2. The number of urea groups is 1. The molecule has 156 valence electrons. The van der Waals surface area contributed by atoms with Crippen LogP contribution in [0.1, 0.15) is 16.9 Å². The van der Waals surface area contributed by atoms with Gasteiger partial charge in [0.05, 0.1) is 0 Å². The van der Waals surface area contributed by atoms with Crippen molar-refractivity contribution in [3.8, 4) is 11.3 Å². The third-order valence-corrected chi connectivity index (χ3v) is 4.85. The Labute approximate surface area is 179 Å². The van der Waals surface area contributed by atoms with Gasteiger partial charge in [-0.25, -0.2) is 9.69 Å². The summed E-state index contributed by atoms with van der Waals surface area (Å²) in [6, 6.07) is 18.0. The van der Waals surface area contributed by atoms with Gasteiger partial charge in [0.25, 0.3) is 5.91 Å². The van der Waals surface area contributed by atoms with Crippen molar-refractivity contribution in [3.05, 3.63) is 83.2 Å². The molecule has 2 heterocycles. The molecule has 0 unspecified atom stereocenters. The molecule has 0 aliphatic carbocycles. The van der Waals surface area contributed by atoms with Crippen LogP contribution in [-0.4, -0.2) is 29.3 Å². The molecule has 1 fully saturated rings. The zero-order valence-electron chi connectivity index (χ0n) is 17.1. The Kier molecular flexibility index (Phi) is 5.41. The summed E-state index contributed by atoms with van der Waals surface area (Å²) in [4.78, 5) is 38.0. The van der Waals surface area contributed by atoms with Gasteiger partial charge in [0.2, 0.25) is 5.91 Å². The normalized spacial score (nSPS) is 14.8. The first-order valence-corrected chi connectivity index (χ1v) is 9.77. The van der Waals surface area contributed by atoms with E-state index in [9.17, 15) is 14.4 Å². The molecule has 0 radical (unpaired) electrons. The average molecular weight is 415 g/mol. The van der Waals surface area contributed by atoms with Gasteiger partial charge in [0.1, 0.15) is 23.8 Å². The zero-order chi connectivity index (χ0) is 22.0. The van der Waals surface area contributed by atoms with E-state index in [1.54, 1.807) is 24.3 Å². The molecular formula is C24H21N3O4. The average Bonchev–Trinajstić information content (AvgIpc) is 3.31. The molecule has 4 amide bonds. The SMILES string of the molecule is Cc1ccc(NC(=O)CN2C(=O)NC(=Cc3ccc(-c4ccc(C)cc4)o3)C2=O)cc1. The van der Waals surface area contributed by atoms with Crippen LogP contribution >= 0.6 is 0 Å². The van der Waals surface area contributed by atoms with Crippen LogP contribution in [0.3, 0.4) is 0 Å². The van der Waals surface area contributed by atoms with E-state index in [1.165, 1.54) is 6.08 Å². The van der Waals surface area contributed by atoms with Crippen molar-refractivity contribution in [3.63, 3.8) is 0 Å². The molecule has 3 aromatic rings. The molecule has 2 N–H and O–H groups in total. The van der Waals surface area contributed by atoms with Crippen LogP contribution in [0.2, 0.25) is 0 Å². The third kappa shape index (κ3) is 4.56. The van der Waals surface area contributed by atoms with Gasteiger partial charge in [-0.3, -0.25) is 9.59 Å². The van der Waals surface area contributed by atoms with E-state index in [2.05, 4.69) is 10.6 Å². The van der Waals surface area contributed by atoms with Gasteiger partial charge in [-0.15, -0.1) is 0 Å². The first-order valence-electron chi connectivity index (χ1n) is 9.77. The minimum absolute atomic E-state index is 0.0537. The van der Waals surface area contributed by atoms with E-state index in [4.69, 9.17) is 4.42 Å². The molecule has 4 rings (SSSR count). The van der Waals surface area contributed by atoms with Crippen molar-refractivity contribution in [2.24, 2.45) is 0 Å². The number of benzene rings is 2. The summed E-state index contributed by atoms with van der Waals surface area (Å²) in [6.45, 7) is 3.56. The molecular weight excluding hydrogens is 394 g/mol. The van der Waals surface area contributed by atoms with E-state index >= 15 is 0 Å². The van der Waals surface area contributed by atoms with Crippen molar-refractivity contribution in [2.75, 3.05) is 11.9 Å². The van der Waals surface area contributed by atoms with Crippen molar-refractivity contribution < 1.29 is 18.8 Å². The van der Waals surface area contributed by atoms with Gasteiger partial charge in [0.15, 0.2) is 0 Å². The van der Waals surface area contributed by atoms with Crippen LogP contribution < -0.4 is 10.6 Å². The maximum Gasteiger partial charge on any atom is 0.329 e. The topological polar surface area (TPSA) is 91.7 Å². The highest BCUT2D eigenvalue weighted by Crippen LogP contribution is 2.24. The number of carbonyl (C=O) groups is 3. The standard InChI is InChI=1S/C24H21N3O4/c1-15-3-7-17(8-4-15)21-12-11-19(31-21)13-20-23(29)27(24(30)26-20)14-22(28)25-18-9-5-16(2)6-10-18/h3-13H,14H2,1-2H3,(H,25,28)(H,26,30). The molecule has 0 saturated carbocycles. The van der Waals surface area contributed by atoms with Gasteiger partial charge < -0.3 is 15.1 Å². The number of rotatable bonds is 5. The minimum Gasteiger partial charge on any atom is -0.457 e. The number of imide groups is 1. The number of anilines is 1. The predicted molar refractivity (Wildman–Crippen MR) is 117 cm³/mol. The number of amides is 4. The summed E-state index contributed by atoms with van der Waals surface area (Å²) in [5.74, 6) is 0.0220. The van der Waals surface area contributed by atoms with Gasteiger partial charge in [-0.2, -0.15) is 0 Å². The van der Waals surface area contributed by atoms with E-state index in [1.807, 2.05) is 50.2 Å². The lowest BCUT2D eigenvalue weighted by Crippen LogP contribution is -2.38. The largest absolute Gasteiger partial charge is 0.457 e. The first-order chi connectivity index (χ1) is 14.9. The highest BCUT2D eigenvalue weighted by Gasteiger charge is 2.35. The summed E-state index contributed by atoms with van der Waals surface area (Å²) < 4.78 is 5.78. The van der Waals surface area contributed by atoms with E-state index in [0.29, 0.717) is 17.2 Å². The molecule has 0 bridgehead atoms. The van der Waals surface area contributed by atoms with Crippen LogP contribution in [0.4, 0.5) is 10.5 Å². The second-order valence-electron chi connectivity index (χ2n) is 7.36. The number of nitrogens with zero attached hydrogens (tertiary/aromatic N) is 1. The number of furan rings is 1. The Bertz CT molecular complexity index is 1170. The van der Waals surface area contributed by atoms with Gasteiger partial charge in [0, 0.05) is 17.3 Å². The van der Waals surface area contributed by atoms with Gasteiger partial charge in [-0.1, -0.05) is 47.5 Å². The zero-order valence-corrected chi connectivity index (χ0v) is 17.1. The van der Waals surface area contributed by atoms with Crippen molar-refractivity contribution >= 4 is 29.6 Å². The molecule has 0 atom stereocenters. The Hall–Kier alpha value is -4.13. The number of hydrogen-bond acceptors (Lipinski definition) is 4. The Morgan fingerprint density at radius 1 is 0.968 bits per heavy atom. The highest BCUT2D eigenvalue weighted by molar-refractivity contribution is 6.15. The Morgan fingerprint density at radius 3 is 2.29 bits per heavy atom. The Balaban J connectivity index is 1.44. The first kappa shape index (κ1) is 20.2. The molecule has 31 heavy (non-hydrogen) atoms. The molecule has 1 aliphatic heterocycles. The maximum absolute atomic E-state index is 12.6. The summed E-state index contributed by atoms with van der Waals surface area (Å²) in [5.41, 5.74) is 3.76. The van der Waals surface area contributed by atoms with Crippen molar-refractivity contribution in [1.29, 1.82) is 0 Å². The maximum atomic E-state index is 12.6. The van der Waals surface area contributed by atoms with Gasteiger partial charge >= 0.3 is 6.03 Å². The second-order valence-corrected chi connectivity index (χ2v) is 7.36. The van der Waals surface area contributed by atoms with E-state index < -0.39 is 17.8 Å². The lowest BCUT2D eigenvalue weighted by atomic mass is 10.1. The molecule has 2 aromatic carbocycles. The van der Waals surface area contributed by atoms with Crippen LogP contribution in [0.15, 0.2) is 70.8 Å². The smallest absolute Gasteiger partial charge is 0.329 e. The van der Waals surface area contributed by atoms with Crippen molar-refractivity contribution in [2.45, 2.75) is 13.8 Å². The summed E-state index contributed by atoms with van der Waals surface area (Å²) >= 11 is 0. The second kappa shape index (κ2) is 8.31.